The molecule has 0 spiro atoms. The number of aryl methyl sites for hydroxylation is 1. The number of hydrogen-bond acceptors (Lipinski definition) is 4. The number of carbonyl (C=O) groups is 2. The maximum absolute atomic E-state index is 14.2. The number of hydrogen-bond donors (Lipinski definition) is 1. The molecule has 3 rings (SSSR count). The first-order chi connectivity index (χ1) is 13.8. The molecule has 1 N–H and O–H groups in total. The highest BCUT2D eigenvalue weighted by Crippen LogP contribution is 2.54. The van der Waals surface area contributed by atoms with Gasteiger partial charge in [-0.25, -0.2) is 9.18 Å². The number of nitriles is 1. The maximum atomic E-state index is 14.2. The minimum absolute atomic E-state index is 0.254. The molecule has 30 heavy (non-hydrogen) atoms. The summed E-state index contributed by atoms with van der Waals surface area (Å²) in [5.74, 6) is -0.626. The predicted octanol–water partition coefficient (Wildman–Crippen LogP) is 4.17. The fourth-order valence-electron chi connectivity index (χ4n) is 4.87. The molecule has 7 heteroatoms. The summed E-state index contributed by atoms with van der Waals surface area (Å²) in [5, 5.41) is 12.4. The number of nitrogens with one attached hydrogen (secondary N) is 1. The molecular weight excluding hydrogens is 385 g/mol. The van der Waals surface area contributed by atoms with Crippen molar-refractivity contribution >= 4 is 12.0 Å². The van der Waals surface area contributed by atoms with Gasteiger partial charge in [0.25, 0.3) is 0 Å². The average molecular weight is 416 g/mol. The average Bonchev–Trinajstić information content (AvgIpc) is 3.12. The topological polar surface area (TPSA) is 82.4 Å². The van der Waals surface area contributed by atoms with E-state index in [0.29, 0.717) is 19.3 Å². The Morgan fingerprint density at radius 3 is 2.60 bits per heavy atom. The zero-order chi connectivity index (χ0) is 22.5. The number of alkyl carbamates (subject to hydrolysis) is 1. The predicted molar refractivity (Wildman–Crippen MR) is 110 cm³/mol. The Morgan fingerprint density at radius 1 is 1.33 bits per heavy atom. The number of ether oxygens (including phenoxy) is 1. The molecule has 6 nitrogen and oxygen atoms in total. The fraction of sp³-hybridized carbons (Fsp3) is 0.609. The van der Waals surface area contributed by atoms with Crippen molar-refractivity contribution in [1.82, 2.24) is 10.2 Å². The Labute approximate surface area is 177 Å². The smallest absolute Gasteiger partial charge is 0.408 e. The van der Waals surface area contributed by atoms with E-state index in [1.165, 1.54) is 12.1 Å². The maximum Gasteiger partial charge on any atom is 0.408 e. The van der Waals surface area contributed by atoms with Gasteiger partial charge in [0.15, 0.2) is 0 Å². The summed E-state index contributed by atoms with van der Waals surface area (Å²) in [6, 6.07) is 5.78. The third-order valence-corrected chi connectivity index (χ3v) is 6.19. The van der Waals surface area contributed by atoms with Crippen LogP contribution in [0, 0.1) is 29.5 Å². The van der Waals surface area contributed by atoms with Crippen molar-refractivity contribution in [3.63, 3.8) is 0 Å². The summed E-state index contributed by atoms with van der Waals surface area (Å²) in [7, 11) is 0. The van der Waals surface area contributed by atoms with Gasteiger partial charge >= 0.3 is 6.09 Å². The molecule has 2 saturated heterocycles. The molecule has 0 unspecified atom stereocenters. The third kappa shape index (κ3) is 3.76. The van der Waals surface area contributed by atoms with Crippen molar-refractivity contribution < 1.29 is 18.7 Å². The molecule has 1 aromatic rings. The number of halogens is 1. The van der Waals surface area contributed by atoms with Crippen molar-refractivity contribution in [2.24, 2.45) is 5.41 Å². The molecule has 2 fully saturated rings. The Bertz CT molecular complexity index is 915. The van der Waals surface area contributed by atoms with Crippen LogP contribution in [0.5, 0.6) is 0 Å². The van der Waals surface area contributed by atoms with E-state index < -0.39 is 28.7 Å². The molecule has 162 valence electrons. The van der Waals surface area contributed by atoms with Crippen molar-refractivity contribution in [1.29, 1.82) is 5.26 Å². The summed E-state index contributed by atoms with van der Waals surface area (Å²) < 4.78 is 19.5. The van der Waals surface area contributed by atoms with E-state index in [9.17, 15) is 19.2 Å². The lowest BCUT2D eigenvalue weighted by Gasteiger charge is -2.39. The number of benzene rings is 1. The highest BCUT2D eigenvalue weighted by molar-refractivity contribution is 5.90. The van der Waals surface area contributed by atoms with Crippen molar-refractivity contribution in [2.75, 3.05) is 0 Å². The molecule has 0 saturated carbocycles. The fourth-order valence-corrected chi connectivity index (χ4v) is 4.87. The van der Waals surface area contributed by atoms with Crippen LogP contribution >= 0.6 is 0 Å². The van der Waals surface area contributed by atoms with Gasteiger partial charge in [-0.2, -0.15) is 5.26 Å². The number of nitrogens with zero attached hydrogens (tertiary/aromatic N) is 2. The van der Waals surface area contributed by atoms with Gasteiger partial charge in [0.05, 0.1) is 23.1 Å². The van der Waals surface area contributed by atoms with Crippen LogP contribution in [0.15, 0.2) is 18.2 Å². The first-order valence-corrected chi connectivity index (χ1v) is 10.3. The third-order valence-electron chi connectivity index (χ3n) is 6.19. The molecule has 0 bridgehead atoms. The Balaban J connectivity index is 2.03. The summed E-state index contributed by atoms with van der Waals surface area (Å²) in [4.78, 5) is 27.6. The normalized spacial score (nSPS) is 26.3. The Kier molecular flexibility index (Phi) is 5.34. The summed E-state index contributed by atoms with van der Waals surface area (Å²) in [6.45, 7) is 10.8. The van der Waals surface area contributed by atoms with Crippen LogP contribution in [0.25, 0.3) is 0 Å². The van der Waals surface area contributed by atoms with Crippen LogP contribution in [0.4, 0.5) is 9.18 Å². The molecule has 0 aliphatic carbocycles. The van der Waals surface area contributed by atoms with Gasteiger partial charge in [0.1, 0.15) is 17.5 Å². The van der Waals surface area contributed by atoms with E-state index in [4.69, 9.17) is 4.74 Å². The number of fused-ring (bicyclic) bond motifs is 1. The highest BCUT2D eigenvalue weighted by atomic mass is 19.1. The molecule has 2 amide bonds. The van der Waals surface area contributed by atoms with Crippen molar-refractivity contribution in [3.8, 4) is 6.07 Å². The van der Waals surface area contributed by atoms with Crippen LogP contribution in [0.3, 0.4) is 0 Å². The first kappa shape index (κ1) is 22.1. The van der Waals surface area contributed by atoms with Gasteiger partial charge in [-0.15, -0.1) is 0 Å². The van der Waals surface area contributed by atoms with Gasteiger partial charge in [0, 0.05) is 6.42 Å². The van der Waals surface area contributed by atoms with E-state index in [0.717, 1.165) is 11.1 Å². The van der Waals surface area contributed by atoms with Gasteiger partial charge in [-0.1, -0.05) is 6.07 Å². The minimum atomic E-state index is -0.792. The van der Waals surface area contributed by atoms with Crippen molar-refractivity contribution in [3.05, 3.63) is 35.1 Å². The lowest BCUT2D eigenvalue weighted by Crippen LogP contribution is -2.50. The van der Waals surface area contributed by atoms with Crippen molar-refractivity contribution in [2.45, 2.75) is 84.0 Å². The largest absolute Gasteiger partial charge is 0.444 e. The van der Waals surface area contributed by atoms with Crippen LogP contribution < -0.4 is 5.32 Å². The lowest BCUT2D eigenvalue weighted by molar-refractivity contribution is -0.135. The first-order valence-electron chi connectivity index (χ1n) is 10.3. The highest BCUT2D eigenvalue weighted by Gasteiger charge is 2.61. The van der Waals surface area contributed by atoms with Crippen LogP contribution in [-0.4, -0.2) is 34.6 Å². The molecular formula is C23H30FN3O3. The van der Waals surface area contributed by atoms with Gasteiger partial charge < -0.3 is 15.0 Å². The Hall–Kier alpha value is -2.62. The van der Waals surface area contributed by atoms with Crippen LogP contribution in [0.2, 0.25) is 0 Å². The van der Waals surface area contributed by atoms with Gasteiger partial charge in [-0.05, 0) is 77.6 Å². The molecule has 3 atom stereocenters. The van der Waals surface area contributed by atoms with E-state index >= 15 is 0 Å². The van der Waals surface area contributed by atoms with Gasteiger partial charge in [-0.3, -0.25) is 4.79 Å². The number of rotatable bonds is 3. The molecule has 2 heterocycles. The van der Waals surface area contributed by atoms with E-state index in [-0.39, 0.29) is 17.8 Å². The van der Waals surface area contributed by atoms with Crippen LogP contribution in [0.1, 0.15) is 65.0 Å². The summed E-state index contributed by atoms with van der Waals surface area (Å²) in [6.07, 6.45) is 0.893. The number of amides is 2. The van der Waals surface area contributed by atoms with E-state index in [1.54, 1.807) is 31.7 Å². The molecule has 0 radical (unpaired) electrons. The minimum Gasteiger partial charge on any atom is -0.444 e. The summed E-state index contributed by atoms with van der Waals surface area (Å²) >= 11 is 0. The monoisotopic (exact) mass is 415 g/mol. The zero-order valence-electron chi connectivity index (χ0n) is 18.5. The van der Waals surface area contributed by atoms with Crippen LogP contribution in [-0.2, 0) is 15.1 Å². The zero-order valence-corrected chi connectivity index (χ0v) is 18.5. The summed E-state index contributed by atoms with van der Waals surface area (Å²) in [5.41, 5.74) is -0.617. The quantitative estimate of drug-likeness (QED) is 0.803. The lowest BCUT2D eigenvalue weighted by atomic mass is 9.82. The molecule has 2 aliphatic heterocycles. The second-order valence-electron chi connectivity index (χ2n) is 9.99. The molecule has 2 aliphatic rings. The van der Waals surface area contributed by atoms with E-state index in [1.807, 2.05) is 20.8 Å². The van der Waals surface area contributed by atoms with Gasteiger partial charge in [0.2, 0.25) is 5.91 Å². The standard InChI is InChI=1S/C23H30FN3O3/c1-14-7-8-15(24)11-16(14)23-10-9-18(22(5,6)13-25)27(23)19(28)17(12-23)26-20(29)30-21(2,3)4/h7-8,11,17-18H,9-10,12H2,1-6H3,(H,26,29)/t17-,18+,23+/m0/s1. The molecule has 0 aromatic heterocycles. The molecule has 1 aromatic carbocycles. The SMILES string of the molecule is Cc1ccc(F)cc1[C@]12CC[C@H](C(C)(C)C#N)N1C(=O)[C@@H](NC(=O)OC(C)(C)C)C2. The number of carbonyl (C=O) groups excluding carboxylic acids is 2. The van der Waals surface area contributed by atoms with E-state index in [2.05, 4.69) is 11.4 Å². The Morgan fingerprint density at radius 2 is 2.00 bits per heavy atom. The second kappa shape index (κ2) is 7.26. The second-order valence-corrected chi connectivity index (χ2v) is 9.99.